The topological polar surface area (TPSA) is 72.5 Å². The van der Waals surface area contributed by atoms with Crippen molar-refractivity contribution in [2.24, 2.45) is 0 Å². The average Bonchev–Trinajstić information content (AvgIpc) is 2.55. The Bertz CT molecular complexity index is 754. The van der Waals surface area contributed by atoms with Gasteiger partial charge in [-0.15, -0.1) is 0 Å². The molecule has 0 aromatic heterocycles. The smallest absolute Gasteiger partial charge is 0.338 e. The van der Waals surface area contributed by atoms with Crippen LogP contribution >= 0.6 is 0 Å². The molecule has 2 rings (SSSR count). The second-order valence-electron chi connectivity index (χ2n) is 5.18. The molecule has 0 bridgehead atoms. The van der Waals surface area contributed by atoms with E-state index in [9.17, 15) is 18.8 Å². The summed E-state index contributed by atoms with van der Waals surface area (Å²) in [5.41, 5.74) is 1.17. The van der Waals surface area contributed by atoms with Gasteiger partial charge in [0.2, 0.25) is 0 Å². The molecule has 124 valence electrons. The minimum absolute atomic E-state index is 0.0746. The molecule has 1 atom stereocenters. The summed E-state index contributed by atoms with van der Waals surface area (Å²) >= 11 is 0. The Balaban J connectivity index is 1.95. The van der Waals surface area contributed by atoms with Gasteiger partial charge in [-0.25, -0.2) is 9.18 Å². The van der Waals surface area contributed by atoms with Gasteiger partial charge in [0.25, 0.3) is 5.91 Å². The number of hydrogen-bond acceptors (Lipinski definition) is 4. The van der Waals surface area contributed by atoms with Gasteiger partial charge in [-0.1, -0.05) is 0 Å². The molecule has 0 radical (unpaired) electrons. The van der Waals surface area contributed by atoms with Crippen molar-refractivity contribution < 1.29 is 23.5 Å². The van der Waals surface area contributed by atoms with E-state index >= 15 is 0 Å². The first-order valence-corrected chi connectivity index (χ1v) is 7.25. The van der Waals surface area contributed by atoms with Crippen LogP contribution in [0.25, 0.3) is 0 Å². The van der Waals surface area contributed by atoms with E-state index in [1.54, 1.807) is 24.3 Å². The van der Waals surface area contributed by atoms with Crippen LogP contribution in [0.3, 0.4) is 0 Å². The zero-order chi connectivity index (χ0) is 17.7. The maximum Gasteiger partial charge on any atom is 0.338 e. The van der Waals surface area contributed by atoms with Crippen LogP contribution < -0.4 is 5.32 Å². The molecule has 0 aliphatic carbocycles. The predicted molar refractivity (Wildman–Crippen MR) is 86.4 cm³/mol. The van der Waals surface area contributed by atoms with Gasteiger partial charge < -0.3 is 10.1 Å². The zero-order valence-corrected chi connectivity index (χ0v) is 13.2. The molecule has 0 spiro atoms. The van der Waals surface area contributed by atoms with Gasteiger partial charge in [-0.2, -0.15) is 0 Å². The zero-order valence-electron chi connectivity index (χ0n) is 13.2. The van der Waals surface area contributed by atoms with E-state index in [1.807, 2.05) is 0 Å². The molecule has 1 N–H and O–H groups in total. The summed E-state index contributed by atoms with van der Waals surface area (Å²) in [6, 6.07) is 11.2. The van der Waals surface area contributed by atoms with Gasteiger partial charge in [0, 0.05) is 11.3 Å². The van der Waals surface area contributed by atoms with Crippen LogP contribution in [-0.2, 0) is 9.53 Å². The summed E-state index contributed by atoms with van der Waals surface area (Å²) < 4.78 is 17.9. The van der Waals surface area contributed by atoms with Gasteiger partial charge >= 0.3 is 5.97 Å². The predicted octanol–water partition coefficient (Wildman–Crippen LogP) is 3.21. The fourth-order valence-electron chi connectivity index (χ4n) is 1.90. The number of benzene rings is 2. The molecule has 6 heteroatoms. The first-order chi connectivity index (χ1) is 11.4. The van der Waals surface area contributed by atoms with Gasteiger partial charge in [0.05, 0.1) is 5.56 Å². The van der Waals surface area contributed by atoms with Gasteiger partial charge in [0.15, 0.2) is 11.9 Å². The Morgan fingerprint density at radius 3 is 2.04 bits per heavy atom. The number of hydrogen-bond donors (Lipinski definition) is 1. The highest BCUT2D eigenvalue weighted by molar-refractivity contribution is 5.98. The number of Topliss-reactive ketones (excluding diaryl/α,β-unsaturated/α-hetero) is 1. The fourth-order valence-corrected chi connectivity index (χ4v) is 1.90. The molecular formula is C18H16FNO4. The monoisotopic (exact) mass is 329 g/mol. The van der Waals surface area contributed by atoms with E-state index in [0.717, 1.165) is 12.1 Å². The van der Waals surface area contributed by atoms with Crippen LogP contribution in [-0.4, -0.2) is 23.8 Å². The normalized spacial score (nSPS) is 11.5. The quantitative estimate of drug-likeness (QED) is 0.675. The van der Waals surface area contributed by atoms with Gasteiger partial charge in [0.1, 0.15) is 5.82 Å². The van der Waals surface area contributed by atoms with E-state index in [-0.39, 0.29) is 11.3 Å². The van der Waals surface area contributed by atoms with Crippen molar-refractivity contribution in [1.29, 1.82) is 0 Å². The SMILES string of the molecule is CC(=O)c1ccc(NC(=O)C(C)OC(=O)c2ccc(F)cc2)cc1. The van der Waals surface area contributed by atoms with Gasteiger partial charge in [-0.05, 0) is 62.4 Å². The molecule has 2 aromatic carbocycles. The second-order valence-corrected chi connectivity index (χ2v) is 5.18. The molecular weight excluding hydrogens is 313 g/mol. The highest BCUT2D eigenvalue weighted by Crippen LogP contribution is 2.12. The molecule has 0 aliphatic heterocycles. The van der Waals surface area contributed by atoms with Crippen LogP contribution in [0.2, 0.25) is 0 Å². The number of rotatable bonds is 5. The lowest BCUT2D eigenvalue weighted by atomic mass is 10.1. The van der Waals surface area contributed by atoms with E-state index < -0.39 is 23.8 Å². The Morgan fingerprint density at radius 2 is 1.50 bits per heavy atom. The highest BCUT2D eigenvalue weighted by atomic mass is 19.1. The number of ether oxygens (including phenoxy) is 1. The van der Waals surface area contributed by atoms with Crippen LogP contribution in [0, 0.1) is 5.82 Å². The largest absolute Gasteiger partial charge is 0.449 e. The fraction of sp³-hybridized carbons (Fsp3) is 0.167. The summed E-state index contributed by atoms with van der Waals surface area (Å²) in [5.74, 6) is -1.77. The van der Waals surface area contributed by atoms with E-state index in [1.165, 1.54) is 26.0 Å². The number of carbonyl (C=O) groups is 3. The minimum Gasteiger partial charge on any atom is -0.449 e. The van der Waals surface area contributed by atoms with Crippen LogP contribution in [0.4, 0.5) is 10.1 Å². The third kappa shape index (κ3) is 4.49. The number of amides is 1. The molecule has 1 unspecified atom stereocenters. The molecule has 0 heterocycles. The molecule has 5 nitrogen and oxygen atoms in total. The van der Waals surface area contributed by atoms with E-state index in [2.05, 4.69) is 5.32 Å². The molecule has 0 saturated carbocycles. The van der Waals surface area contributed by atoms with Crippen LogP contribution in [0.1, 0.15) is 34.6 Å². The van der Waals surface area contributed by atoms with Crippen molar-refractivity contribution in [2.45, 2.75) is 20.0 Å². The molecule has 0 aliphatic rings. The molecule has 0 saturated heterocycles. The minimum atomic E-state index is -1.03. The maximum atomic E-state index is 12.8. The van der Waals surface area contributed by atoms with Crippen molar-refractivity contribution >= 4 is 23.3 Å². The van der Waals surface area contributed by atoms with Crippen molar-refractivity contribution in [3.63, 3.8) is 0 Å². The Morgan fingerprint density at radius 1 is 0.958 bits per heavy atom. The van der Waals surface area contributed by atoms with Crippen LogP contribution in [0.5, 0.6) is 0 Å². The maximum absolute atomic E-state index is 12.8. The third-order valence-electron chi connectivity index (χ3n) is 3.29. The van der Waals surface area contributed by atoms with E-state index in [4.69, 9.17) is 4.74 Å². The lowest BCUT2D eigenvalue weighted by Crippen LogP contribution is -2.30. The van der Waals surface area contributed by atoms with Gasteiger partial charge in [-0.3, -0.25) is 9.59 Å². The number of halogens is 1. The number of anilines is 1. The van der Waals surface area contributed by atoms with Crippen molar-refractivity contribution in [2.75, 3.05) is 5.32 Å². The first-order valence-electron chi connectivity index (χ1n) is 7.25. The molecule has 1 amide bonds. The number of carbonyl (C=O) groups excluding carboxylic acids is 3. The summed E-state index contributed by atoms with van der Waals surface area (Å²) in [4.78, 5) is 35.1. The third-order valence-corrected chi connectivity index (χ3v) is 3.29. The summed E-state index contributed by atoms with van der Waals surface area (Å²) in [5, 5.41) is 2.59. The van der Waals surface area contributed by atoms with Crippen LogP contribution in [0.15, 0.2) is 48.5 Å². The Kier molecular flexibility index (Phi) is 5.42. The number of ketones is 1. The second kappa shape index (κ2) is 7.50. The Hall–Kier alpha value is -3.02. The summed E-state index contributed by atoms with van der Waals surface area (Å²) in [6.45, 7) is 2.88. The summed E-state index contributed by atoms with van der Waals surface area (Å²) in [7, 11) is 0. The molecule has 24 heavy (non-hydrogen) atoms. The lowest BCUT2D eigenvalue weighted by molar-refractivity contribution is -0.123. The number of nitrogens with one attached hydrogen (secondary N) is 1. The standard InChI is InChI=1S/C18H16FNO4/c1-11(21)13-5-9-16(10-6-13)20-17(22)12(2)24-18(23)14-3-7-15(19)8-4-14/h3-10,12H,1-2H3,(H,20,22). The lowest BCUT2D eigenvalue weighted by Gasteiger charge is -2.13. The number of esters is 1. The highest BCUT2D eigenvalue weighted by Gasteiger charge is 2.19. The first kappa shape index (κ1) is 17.3. The molecule has 0 fully saturated rings. The average molecular weight is 329 g/mol. The van der Waals surface area contributed by atoms with E-state index in [0.29, 0.717) is 11.3 Å². The van der Waals surface area contributed by atoms with Crippen molar-refractivity contribution in [1.82, 2.24) is 0 Å². The van der Waals surface area contributed by atoms with Crippen molar-refractivity contribution in [3.05, 3.63) is 65.5 Å². The van der Waals surface area contributed by atoms with Crippen molar-refractivity contribution in [3.8, 4) is 0 Å². The Labute approximate surface area is 138 Å². The summed E-state index contributed by atoms with van der Waals surface area (Å²) in [6.07, 6.45) is -1.03. The molecule has 2 aromatic rings.